The van der Waals surface area contributed by atoms with E-state index < -0.39 is 11.8 Å². The lowest BCUT2D eigenvalue weighted by molar-refractivity contribution is -0.129. The SMILES string of the molecule is CC(C)c1cc(C(=O)Nc2ccc(NC(=O)CCCCCCC(=O)NO)cc2)c(O)cc1O. The van der Waals surface area contributed by atoms with Gasteiger partial charge in [0.05, 0.1) is 5.56 Å². The van der Waals surface area contributed by atoms with Crippen LogP contribution in [0, 0.1) is 0 Å². The van der Waals surface area contributed by atoms with Crippen molar-refractivity contribution in [3.05, 3.63) is 47.5 Å². The molecule has 178 valence electrons. The highest BCUT2D eigenvalue weighted by atomic mass is 16.5. The van der Waals surface area contributed by atoms with Crippen LogP contribution in [-0.4, -0.2) is 33.1 Å². The number of rotatable bonds is 11. The van der Waals surface area contributed by atoms with E-state index in [-0.39, 0.29) is 35.3 Å². The molecule has 0 fully saturated rings. The standard InChI is InChI=1S/C24H31N3O6/c1-15(2)18-13-19(21(29)14-20(18)28)24(32)26-17-11-9-16(10-12-17)25-22(30)7-5-3-4-6-8-23(31)27-33/h9-15,28-29,33H,3-8H2,1-2H3,(H,25,30)(H,26,32)(H,27,31). The summed E-state index contributed by atoms with van der Waals surface area (Å²) in [5.41, 5.74) is 3.29. The monoisotopic (exact) mass is 457 g/mol. The maximum atomic E-state index is 12.6. The Kier molecular flexibility index (Phi) is 9.68. The van der Waals surface area contributed by atoms with E-state index >= 15 is 0 Å². The molecule has 0 aliphatic rings. The number of phenolic OH excluding ortho intramolecular Hbond substituents is 2. The molecule has 0 heterocycles. The van der Waals surface area contributed by atoms with Crippen molar-refractivity contribution >= 4 is 29.1 Å². The van der Waals surface area contributed by atoms with E-state index in [1.54, 1.807) is 29.7 Å². The molecule has 0 aromatic heterocycles. The van der Waals surface area contributed by atoms with Gasteiger partial charge in [-0.1, -0.05) is 26.7 Å². The van der Waals surface area contributed by atoms with Crippen LogP contribution in [0.4, 0.5) is 11.4 Å². The first kappa shape index (κ1) is 25.7. The molecule has 0 unspecified atom stereocenters. The molecule has 9 nitrogen and oxygen atoms in total. The summed E-state index contributed by atoms with van der Waals surface area (Å²) in [6, 6.07) is 9.24. The van der Waals surface area contributed by atoms with Gasteiger partial charge in [-0.3, -0.25) is 19.6 Å². The fourth-order valence-electron chi connectivity index (χ4n) is 3.28. The summed E-state index contributed by atoms with van der Waals surface area (Å²) in [4.78, 5) is 35.6. The van der Waals surface area contributed by atoms with Gasteiger partial charge < -0.3 is 20.8 Å². The van der Waals surface area contributed by atoms with Crippen molar-refractivity contribution in [2.24, 2.45) is 0 Å². The highest BCUT2D eigenvalue weighted by Crippen LogP contribution is 2.32. The number of benzene rings is 2. The van der Waals surface area contributed by atoms with Crippen LogP contribution in [0.3, 0.4) is 0 Å². The highest BCUT2D eigenvalue weighted by Gasteiger charge is 2.17. The molecule has 3 amide bonds. The van der Waals surface area contributed by atoms with Gasteiger partial charge in [0.1, 0.15) is 11.5 Å². The van der Waals surface area contributed by atoms with Crippen LogP contribution in [-0.2, 0) is 9.59 Å². The first-order valence-corrected chi connectivity index (χ1v) is 10.9. The smallest absolute Gasteiger partial charge is 0.259 e. The van der Waals surface area contributed by atoms with Crippen LogP contribution >= 0.6 is 0 Å². The summed E-state index contributed by atoms with van der Waals surface area (Å²) in [7, 11) is 0. The fourth-order valence-corrected chi connectivity index (χ4v) is 3.28. The Bertz CT molecular complexity index is 973. The van der Waals surface area contributed by atoms with Gasteiger partial charge in [0.15, 0.2) is 0 Å². The van der Waals surface area contributed by atoms with Crippen LogP contribution < -0.4 is 16.1 Å². The van der Waals surface area contributed by atoms with E-state index in [1.165, 1.54) is 6.07 Å². The largest absolute Gasteiger partial charge is 0.508 e. The molecule has 9 heteroatoms. The van der Waals surface area contributed by atoms with Crippen molar-refractivity contribution in [2.75, 3.05) is 10.6 Å². The first-order chi connectivity index (χ1) is 15.7. The van der Waals surface area contributed by atoms with Crippen LogP contribution in [0.5, 0.6) is 11.5 Å². The number of hydroxylamine groups is 1. The van der Waals surface area contributed by atoms with Crippen molar-refractivity contribution in [2.45, 2.75) is 58.3 Å². The number of carbonyl (C=O) groups excluding carboxylic acids is 3. The predicted octanol–water partition coefficient (Wildman–Crippen LogP) is 4.26. The fraction of sp³-hybridized carbons (Fsp3) is 0.375. The van der Waals surface area contributed by atoms with Crippen LogP contribution in [0.25, 0.3) is 0 Å². The van der Waals surface area contributed by atoms with Crippen molar-refractivity contribution in [3.63, 3.8) is 0 Å². The minimum atomic E-state index is -0.511. The Hall–Kier alpha value is -3.59. The summed E-state index contributed by atoms with van der Waals surface area (Å²) in [6.45, 7) is 3.75. The highest BCUT2D eigenvalue weighted by molar-refractivity contribution is 6.06. The van der Waals surface area contributed by atoms with Crippen LogP contribution in [0.1, 0.15) is 74.2 Å². The average molecular weight is 458 g/mol. The summed E-state index contributed by atoms with van der Waals surface area (Å²) >= 11 is 0. The molecular weight excluding hydrogens is 426 g/mol. The number of phenols is 2. The van der Waals surface area contributed by atoms with Gasteiger partial charge >= 0.3 is 0 Å². The Morgan fingerprint density at radius 3 is 1.88 bits per heavy atom. The normalized spacial score (nSPS) is 10.7. The third-order valence-electron chi connectivity index (χ3n) is 5.12. The second-order valence-corrected chi connectivity index (χ2v) is 8.11. The maximum Gasteiger partial charge on any atom is 0.259 e. The van der Waals surface area contributed by atoms with E-state index in [2.05, 4.69) is 10.6 Å². The minimum Gasteiger partial charge on any atom is -0.508 e. The predicted molar refractivity (Wildman–Crippen MR) is 125 cm³/mol. The molecule has 6 N–H and O–H groups in total. The molecule has 0 saturated heterocycles. The van der Waals surface area contributed by atoms with Gasteiger partial charge in [-0.05, 0) is 54.7 Å². The van der Waals surface area contributed by atoms with Gasteiger partial charge in [-0.25, -0.2) is 5.48 Å². The first-order valence-electron chi connectivity index (χ1n) is 10.9. The van der Waals surface area contributed by atoms with Gasteiger partial charge in [0.2, 0.25) is 11.8 Å². The zero-order valence-electron chi connectivity index (χ0n) is 18.9. The number of carbonyl (C=O) groups is 3. The summed E-state index contributed by atoms with van der Waals surface area (Å²) in [5, 5.41) is 33.9. The van der Waals surface area contributed by atoms with Gasteiger partial charge in [-0.15, -0.1) is 0 Å². The number of anilines is 2. The molecule has 0 radical (unpaired) electrons. The Morgan fingerprint density at radius 2 is 1.33 bits per heavy atom. The average Bonchev–Trinajstić information content (AvgIpc) is 2.76. The molecule has 33 heavy (non-hydrogen) atoms. The Balaban J connectivity index is 1.83. The second-order valence-electron chi connectivity index (χ2n) is 8.11. The van der Waals surface area contributed by atoms with Crippen molar-refractivity contribution < 1.29 is 29.8 Å². The molecular formula is C24H31N3O6. The summed E-state index contributed by atoms with van der Waals surface area (Å²) < 4.78 is 0. The van der Waals surface area contributed by atoms with E-state index in [4.69, 9.17) is 5.21 Å². The van der Waals surface area contributed by atoms with E-state index in [0.29, 0.717) is 36.2 Å². The maximum absolute atomic E-state index is 12.6. The topological polar surface area (TPSA) is 148 Å². The number of amides is 3. The molecule has 0 aliphatic heterocycles. The van der Waals surface area contributed by atoms with Crippen LogP contribution in [0.15, 0.2) is 36.4 Å². The van der Waals surface area contributed by atoms with Gasteiger partial charge in [-0.2, -0.15) is 0 Å². The molecule has 0 saturated carbocycles. The van der Waals surface area contributed by atoms with Crippen molar-refractivity contribution in [1.82, 2.24) is 5.48 Å². The Morgan fingerprint density at radius 1 is 0.788 bits per heavy atom. The molecule has 0 bridgehead atoms. The molecule has 0 spiro atoms. The number of nitrogens with one attached hydrogen (secondary N) is 3. The van der Waals surface area contributed by atoms with E-state index in [0.717, 1.165) is 18.9 Å². The van der Waals surface area contributed by atoms with Crippen molar-refractivity contribution in [1.29, 1.82) is 0 Å². The van der Waals surface area contributed by atoms with E-state index in [9.17, 15) is 24.6 Å². The number of aromatic hydroxyl groups is 2. The molecule has 0 atom stereocenters. The third kappa shape index (κ3) is 8.12. The zero-order valence-corrected chi connectivity index (χ0v) is 18.9. The molecule has 2 rings (SSSR count). The Labute approximate surface area is 192 Å². The number of hydrogen-bond donors (Lipinski definition) is 6. The lowest BCUT2D eigenvalue weighted by atomic mass is 9.98. The summed E-state index contributed by atoms with van der Waals surface area (Å²) in [6.07, 6.45) is 3.56. The molecule has 2 aromatic rings. The number of hydrogen-bond acceptors (Lipinski definition) is 6. The van der Waals surface area contributed by atoms with Gasteiger partial charge in [0, 0.05) is 30.3 Å². The molecule has 2 aromatic carbocycles. The van der Waals surface area contributed by atoms with Crippen LogP contribution in [0.2, 0.25) is 0 Å². The quantitative estimate of drug-likeness (QED) is 0.169. The third-order valence-corrected chi connectivity index (χ3v) is 5.12. The summed E-state index contributed by atoms with van der Waals surface area (Å²) in [5.74, 6) is -1.44. The van der Waals surface area contributed by atoms with Gasteiger partial charge in [0.25, 0.3) is 5.91 Å². The lowest BCUT2D eigenvalue weighted by Crippen LogP contribution is -2.17. The van der Waals surface area contributed by atoms with E-state index in [1.807, 2.05) is 13.8 Å². The zero-order chi connectivity index (χ0) is 24.4. The second kappa shape index (κ2) is 12.4. The van der Waals surface area contributed by atoms with Crippen molar-refractivity contribution in [3.8, 4) is 11.5 Å². The molecule has 0 aliphatic carbocycles. The number of unbranched alkanes of at least 4 members (excludes halogenated alkanes) is 3. The minimum absolute atomic E-state index is 0.0205. The lowest BCUT2D eigenvalue weighted by Gasteiger charge is -2.13.